The standard InChI is InChI=1S/C27H37N3O3/c1-5-6-7-8-9-12-17-33-25(31)16-15-20-18-21(19-22(26(20)32)27(2,3)4)30-28-23-13-10-11-14-24(23)29-30/h10-11,13-14,18-19,32H,5-9,12,15-17H2,1-4H3. The lowest BCUT2D eigenvalue weighted by Gasteiger charge is -2.23. The minimum absolute atomic E-state index is 0.227. The molecule has 0 aliphatic carbocycles. The predicted molar refractivity (Wildman–Crippen MR) is 132 cm³/mol. The Bertz CT molecular complexity index is 1030. The lowest BCUT2D eigenvalue weighted by Crippen LogP contribution is -2.14. The number of esters is 1. The molecule has 0 saturated carbocycles. The Morgan fingerprint density at radius 2 is 1.64 bits per heavy atom. The van der Waals surface area contributed by atoms with Crippen LogP contribution >= 0.6 is 0 Å². The Morgan fingerprint density at radius 3 is 2.27 bits per heavy atom. The van der Waals surface area contributed by atoms with Crippen LogP contribution in [-0.4, -0.2) is 32.7 Å². The van der Waals surface area contributed by atoms with Gasteiger partial charge in [-0.3, -0.25) is 4.79 Å². The average Bonchev–Trinajstić information content (AvgIpc) is 3.21. The largest absolute Gasteiger partial charge is 0.507 e. The van der Waals surface area contributed by atoms with Crippen molar-refractivity contribution >= 4 is 17.0 Å². The monoisotopic (exact) mass is 451 g/mol. The molecule has 0 aliphatic rings. The topological polar surface area (TPSA) is 77.2 Å². The third-order valence-corrected chi connectivity index (χ3v) is 5.86. The van der Waals surface area contributed by atoms with Crippen LogP contribution in [0.25, 0.3) is 16.7 Å². The van der Waals surface area contributed by atoms with Gasteiger partial charge < -0.3 is 9.84 Å². The van der Waals surface area contributed by atoms with Crippen molar-refractivity contribution in [2.45, 2.75) is 84.5 Å². The van der Waals surface area contributed by atoms with Gasteiger partial charge in [-0.2, -0.15) is 4.80 Å². The van der Waals surface area contributed by atoms with Gasteiger partial charge in [-0.15, -0.1) is 10.2 Å². The summed E-state index contributed by atoms with van der Waals surface area (Å²) in [4.78, 5) is 13.9. The summed E-state index contributed by atoms with van der Waals surface area (Å²) in [6.07, 6.45) is 7.56. The van der Waals surface area contributed by atoms with Gasteiger partial charge in [0.15, 0.2) is 0 Å². The lowest BCUT2D eigenvalue weighted by molar-refractivity contribution is -0.143. The molecular weight excluding hydrogens is 414 g/mol. The first kappa shape index (κ1) is 24.7. The smallest absolute Gasteiger partial charge is 0.306 e. The maximum absolute atomic E-state index is 12.3. The Balaban J connectivity index is 1.69. The maximum Gasteiger partial charge on any atom is 0.306 e. The molecule has 1 N–H and O–H groups in total. The molecule has 0 atom stereocenters. The van der Waals surface area contributed by atoms with E-state index in [1.54, 1.807) is 4.80 Å². The minimum atomic E-state index is -0.278. The van der Waals surface area contributed by atoms with E-state index < -0.39 is 0 Å². The fourth-order valence-electron chi connectivity index (χ4n) is 3.91. The van der Waals surface area contributed by atoms with Gasteiger partial charge in [0, 0.05) is 12.0 Å². The number of carbonyl (C=O) groups excluding carboxylic acids is 1. The molecule has 33 heavy (non-hydrogen) atoms. The fraction of sp³-hybridized carbons (Fsp3) is 0.519. The molecule has 1 aromatic heterocycles. The molecule has 0 amide bonds. The number of hydrogen-bond donors (Lipinski definition) is 1. The number of benzene rings is 2. The first-order valence-electron chi connectivity index (χ1n) is 12.1. The van der Waals surface area contributed by atoms with Crippen LogP contribution in [0.4, 0.5) is 0 Å². The molecule has 0 radical (unpaired) electrons. The number of aromatic hydroxyl groups is 1. The summed E-state index contributed by atoms with van der Waals surface area (Å²) in [5.74, 6) is 0.000285. The van der Waals surface area contributed by atoms with Crippen molar-refractivity contribution in [2.24, 2.45) is 0 Å². The van der Waals surface area contributed by atoms with E-state index >= 15 is 0 Å². The Kier molecular flexibility index (Phi) is 8.48. The van der Waals surface area contributed by atoms with Crippen molar-refractivity contribution in [1.82, 2.24) is 15.0 Å². The molecule has 178 valence electrons. The van der Waals surface area contributed by atoms with Gasteiger partial charge in [-0.05, 0) is 48.1 Å². The van der Waals surface area contributed by atoms with Crippen LogP contribution in [0.15, 0.2) is 36.4 Å². The molecule has 2 aromatic carbocycles. The number of rotatable bonds is 11. The zero-order chi connectivity index (χ0) is 23.8. The summed E-state index contributed by atoms with van der Waals surface area (Å²) in [6.45, 7) is 8.83. The third kappa shape index (κ3) is 6.80. The van der Waals surface area contributed by atoms with Crippen LogP contribution in [0.2, 0.25) is 0 Å². The van der Waals surface area contributed by atoms with E-state index in [2.05, 4.69) is 37.9 Å². The van der Waals surface area contributed by atoms with E-state index in [9.17, 15) is 9.90 Å². The summed E-state index contributed by atoms with van der Waals surface area (Å²) in [6, 6.07) is 11.5. The molecule has 6 heteroatoms. The van der Waals surface area contributed by atoms with Crippen LogP contribution in [0.5, 0.6) is 5.75 Å². The molecule has 6 nitrogen and oxygen atoms in total. The number of unbranched alkanes of at least 4 members (excludes halogenated alkanes) is 5. The van der Waals surface area contributed by atoms with Crippen LogP contribution in [0, 0.1) is 0 Å². The zero-order valence-corrected chi connectivity index (χ0v) is 20.4. The molecule has 3 aromatic rings. The number of aryl methyl sites for hydroxylation is 1. The van der Waals surface area contributed by atoms with Gasteiger partial charge >= 0.3 is 5.97 Å². The Morgan fingerprint density at radius 1 is 1.00 bits per heavy atom. The second kappa shape index (κ2) is 11.3. The molecule has 0 saturated heterocycles. The predicted octanol–water partition coefficient (Wildman–Crippen LogP) is 6.26. The quantitative estimate of drug-likeness (QED) is 0.275. The highest BCUT2D eigenvalue weighted by Gasteiger charge is 2.23. The number of fused-ring (bicyclic) bond motifs is 1. The lowest BCUT2D eigenvalue weighted by atomic mass is 9.84. The second-order valence-electron chi connectivity index (χ2n) is 9.72. The van der Waals surface area contributed by atoms with E-state index in [-0.39, 0.29) is 23.6 Å². The van der Waals surface area contributed by atoms with E-state index in [0.717, 1.165) is 35.1 Å². The summed E-state index contributed by atoms with van der Waals surface area (Å²) < 4.78 is 5.41. The fourth-order valence-corrected chi connectivity index (χ4v) is 3.91. The van der Waals surface area contributed by atoms with Crippen LogP contribution < -0.4 is 0 Å². The number of nitrogens with zero attached hydrogens (tertiary/aromatic N) is 3. The van der Waals surface area contributed by atoms with Crippen LogP contribution in [0.1, 0.15) is 83.8 Å². The summed E-state index contributed by atoms with van der Waals surface area (Å²) in [7, 11) is 0. The van der Waals surface area contributed by atoms with E-state index in [4.69, 9.17) is 4.74 Å². The molecule has 0 unspecified atom stereocenters. The van der Waals surface area contributed by atoms with Crippen LogP contribution in [0.3, 0.4) is 0 Å². The highest BCUT2D eigenvalue weighted by Crippen LogP contribution is 2.36. The summed E-state index contributed by atoms with van der Waals surface area (Å²) in [5.41, 5.74) is 3.61. The molecular formula is C27H37N3O3. The van der Waals surface area contributed by atoms with E-state index in [0.29, 0.717) is 18.6 Å². The van der Waals surface area contributed by atoms with Gasteiger partial charge in [0.25, 0.3) is 0 Å². The highest BCUT2D eigenvalue weighted by atomic mass is 16.5. The summed E-state index contributed by atoms with van der Waals surface area (Å²) >= 11 is 0. The molecule has 0 bridgehead atoms. The van der Waals surface area contributed by atoms with Crippen molar-refractivity contribution in [3.63, 3.8) is 0 Å². The third-order valence-electron chi connectivity index (χ3n) is 5.86. The number of phenolic OH excluding ortho intramolecular Hbond substituents is 1. The maximum atomic E-state index is 12.3. The van der Waals surface area contributed by atoms with Gasteiger partial charge in [-0.25, -0.2) is 0 Å². The number of carbonyl (C=O) groups is 1. The average molecular weight is 452 g/mol. The van der Waals surface area contributed by atoms with Gasteiger partial charge in [0.2, 0.25) is 0 Å². The summed E-state index contributed by atoms with van der Waals surface area (Å²) in [5, 5.41) is 20.1. The molecule has 0 aliphatic heterocycles. The van der Waals surface area contributed by atoms with Crippen molar-refractivity contribution < 1.29 is 14.6 Å². The van der Waals surface area contributed by atoms with Crippen molar-refractivity contribution in [3.05, 3.63) is 47.5 Å². The van der Waals surface area contributed by atoms with Gasteiger partial charge in [0.05, 0.1) is 12.3 Å². The SMILES string of the molecule is CCCCCCCCOC(=O)CCc1cc(-n2nc3ccccc3n2)cc(C(C)(C)C)c1O. The zero-order valence-electron chi connectivity index (χ0n) is 20.4. The highest BCUT2D eigenvalue weighted by molar-refractivity contribution is 5.73. The van der Waals surface area contributed by atoms with Crippen LogP contribution in [-0.2, 0) is 21.4 Å². The molecule has 0 fully saturated rings. The first-order chi connectivity index (χ1) is 15.8. The molecule has 3 rings (SSSR count). The number of hydrogen-bond acceptors (Lipinski definition) is 5. The van der Waals surface area contributed by atoms with Crippen molar-refractivity contribution in [1.29, 1.82) is 0 Å². The normalized spacial score (nSPS) is 11.8. The number of ether oxygens (including phenoxy) is 1. The Hall–Kier alpha value is -2.89. The number of phenols is 1. The first-order valence-corrected chi connectivity index (χ1v) is 12.1. The minimum Gasteiger partial charge on any atom is -0.507 e. The van der Waals surface area contributed by atoms with E-state index in [1.165, 1.54) is 25.7 Å². The second-order valence-corrected chi connectivity index (χ2v) is 9.72. The number of aromatic nitrogens is 3. The van der Waals surface area contributed by atoms with Crippen molar-refractivity contribution in [2.75, 3.05) is 6.61 Å². The Labute approximate surface area is 197 Å². The molecule has 0 spiro atoms. The van der Waals surface area contributed by atoms with E-state index in [1.807, 2.05) is 36.4 Å². The van der Waals surface area contributed by atoms with Crippen molar-refractivity contribution in [3.8, 4) is 11.4 Å². The van der Waals surface area contributed by atoms with Gasteiger partial charge in [0.1, 0.15) is 16.8 Å². The molecule has 1 heterocycles. The van der Waals surface area contributed by atoms with Gasteiger partial charge in [-0.1, -0.05) is 71.9 Å².